The van der Waals surface area contributed by atoms with Crippen molar-refractivity contribution < 1.29 is 17.9 Å². The van der Waals surface area contributed by atoms with Gasteiger partial charge >= 0.3 is 0 Å². The molecule has 0 atom stereocenters. The molecular weight excluding hydrogens is 387 g/mol. The standard InChI is InChI=1S/C16H16Cl2N2O4S/c1-8-4-11(25(19,22)23)7-14(9(8)2)20-16(21)10-5-12(17)15(24-3)13(18)6-10/h4-7H,1-3H3,(H,20,21)(H2,19,22,23). The lowest BCUT2D eigenvalue weighted by Crippen LogP contribution is -2.16. The van der Waals surface area contributed by atoms with Crippen molar-refractivity contribution in [2.75, 3.05) is 12.4 Å². The van der Waals surface area contributed by atoms with Crippen molar-refractivity contribution in [3.8, 4) is 5.75 Å². The van der Waals surface area contributed by atoms with Crippen LogP contribution in [0.3, 0.4) is 0 Å². The first-order valence-electron chi connectivity index (χ1n) is 7.03. The summed E-state index contributed by atoms with van der Waals surface area (Å²) >= 11 is 12.1. The fourth-order valence-corrected chi connectivity index (χ4v) is 3.47. The Labute approximate surface area is 155 Å². The van der Waals surface area contributed by atoms with E-state index in [-0.39, 0.29) is 26.3 Å². The molecule has 0 aliphatic heterocycles. The molecule has 0 saturated carbocycles. The van der Waals surface area contributed by atoms with Gasteiger partial charge in [0.15, 0.2) is 5.75 Å². The van der Waals surface area contributed by atoms with Crippen LogP contribution in [0, 0.1) is 13.8 Å². The van der Waals surface area contributed by atoms with Crippen molar-refractivity contribution in [1.82, 2.24) is 0 Å². The summed E-state index contributed by atoms with van der Waals surface area (Å²) < 4.78 is 28.2. The lowest BCUT2D eigenvalue weighted by atomic mass is 10.1. The summed E-state index contributed by atoms with van der Waals surface area (Å²) in [7, 11) is -2.48. The van der Waals surface area contributed by atoms with Crippen molar-refractivity contribution in [2.45, 2.75) is 18.7 Å². The zero-order valence-corrected chi connectivity index (χ0v) is 16.0. The van der Waals surface area contributed by atoms with Crippen LogP contribution in [0.4, 0.5) is 5.69 Å². The number of nitrogens with one attached hydrogen (secondary N) is 1. The number of benzene rings is 2. The van der Waals surface area contributed by atoms with Crippen molar-refractivity contribution in [3.63, 3.8) is 0 Å². The molecule has 0 heterocycles. The van der Waals surface area contributed by atoms with Gasteiger partial charge < -0.3 is 10.1 Å². The Hall–Kier alpha value is -1.80. The number of carbonyl (C=O) groups is 1. The van der Waals surface area contributed by atoms with E-state index in [2.05, 4.69) is 5.32 Å². The molecule has 2 aromatic carbocycles. The highest BCUT2D eigenvalue weighted by atomic mass is 35.5. The Morgan fingerprint density at radius 1 is 1.12 bits per heavy atom. The zero-order chi connectivity index (χ0) is 18.9. The molecule has 0 unspecified atom stereocenters. The average Bonchev–Trinajstić information content (AvgIpc) is 2.50. The summed E-state index contributed by atoms with van der Waals surface area (Å²) in [6, 6.07) is 5.57. The Morgan fingerprint density at radius 3 is 2.16 bits per heavy atom. The highest BCUT2D eigenvalue weighted by Gasteiger charge is 2.17. The van der Waals surface area contributed by atoms with Gasteiger partial charge in [0.1, 0.15) is 0 Å². The molecule has 2 rings (SSSR count). The summed E-state index contributed by atoms with van der Waals surface area (Å²) in [6.07, 6.45) is 0. The molecule has 9 heteroatoms. The SMILES string of the molecule is COc1c(Cl)cc(C(=O)Nc2cc(S(N)(=O)=O)cc(C)c2C)cc1Cl. The van der Waals surface area contributed by atoms with Crippen molar-refractivity contribution in [3.05, 3.63) is 51.0 Å². The van der Waals surface area contributed by atoms with E-state index in [4.69, 9.17) is 33.1 Å². The van der Waals surface area contributed by atoms with Crippen molar-refractivity contribution in [2.24, 2.45) is 5.14 Å². The van der Waals surface area contributed by atoms with Gasteiger partial charge in [0.25, 0.3) is 5.91 Å². The fraction of sp³-hybridized carbons (Fsp3) is 0.188. The van der Waals surface area contributed by atoms with Gasteiger partial charge in [-0.05, 0) is 49.2 Å². The van der Waals surface area contributed by atoms with Crippen LogP contribution in [0.2, 0.25) is 10.0 Å². The Bertz CT molecular complexity index is 936. The van der Waals surface area contributed by atoms with E-state index >= 15 is 0 Å². The van der Waals surface area contributed by atoms with Crippen LogP contribution < -0.4 is 15.2 Å². The smallest absolute Gasteiger partial charge is 0.255 e. The monoisotopic (exact) mass is 402 g/mol. The number of hydrogen-bond acceptors (Lipinski definition) is 4. The third-order valence-electron chi connectivity index (χ3n) is 3.68. The number of nitrogens with two attached hydrogens (primary N) is 1. The molecule has 0 spiro atoms. The minimum Gasteiger partial charge on any atom is -0.494 e. The number of primary sulfonamides is 1. The van der Waals surface area contributed by atoms with E-state index < -0.39 is 15.9 Å². The Kier molecular flexibility index (Phi) is 5.63. The van der Waals surface area contributed by atoms with E-state index in [0.717, 1.165) is 0 Å². The summed E-state index contributed by atoms with van der Waals surface area (Å²) in [5, 5.41) is 8.20. The molecule has 0 bridgehead atoms. The highest BCUT2D eigenvalue weighted by molar-refractivity contribution is 7.89. The summed E-state index contributed by atoms with van der Waals surface area (Å²) in [4.78, 5) is 12.4. The van der Waals surface area contributed by atoms with E-state index in [9.17, 15) is 13.2 Å². The maximum absolute atomic E-state index is 12.5. The summed E-state index contributed by atoms with van der Waals surface area (Å²) in [6.45, 7) is 3.48. The molecule has 0 aromatic heterocycles. The van der Waals surface area contributed by atoms with E-state index in [1.54, 1.807) is 13.8 Å². The molecule has 134 valence electrons. The molecule has 0 saturated heterocycles. The van der Waals surface area contributed by atoms with Crippen LogP contribution in [0.15, 0.2) is 29.2 Å². The van der Waals surface area contributed by atoms with Gasteiger partial charge in [0.2, 0.25) is 10.0 Å². The number of rotatable bonds is 4. The maximum Gasteiger partial charge on any atom is 0.255 e. The molecule has 2 aromatic rings. The topological polar surface area (TPSA) is 98.5 Å². The normalized spacial score (nSPS) is 11.3. The molecule has 0 aliphatic rings. The molecule has 3 N–H and O–H groups in total. The Balaban J connectivity index is 2.43. The van der Waals surface area contributed by atoms with Gasteiger partial charge in [-0.25, -0.2) is 13.6 Å². The minimum atomic E-state index is -3.90. The number of sulfonamides is 1. The first kappa shape index (κ1) is 19.5. The van der Waals surface area contributed by atoms with Crippen LogP contribution in [0.25, 0.3) is 0 Å². The predicted octanol–water partition coefficient (Wildman–Crippen LogP) is 3.52. The van der Waals surface area contributed by atoms with Gasteiger partial charge in [-0.15, -0.1) is 0 Å². The number of hydrogen-bond donors (Lipinski definition) is 2. The molecule has 0 radical (unpaired) electrons. The second kappa shape index (κ2) is 7.21. The average molecular weight is 403 g/mol. The summed E-state index contributed by atoms with van der Waals surface area (Å²) in [5.41, 5.74) is 1.92. The number of amides is 1. The van der Waals surface area contributed by atoms with Crippen LogP contribution in [-0.2, 0) is 10.0 Å². The van der Waals surface area contributed by atoms with Gasteiger partial charge in [0.05, 0.1) is 22.1 Å². The predicted molar refractivity (Wildman–Crippen MR) is 98.3 cm³/mol. The number of carbonyl (C=O) groups excluding carboxylic acids is 1. The molecule has 25 heavy (non-hydrogen) atoms. The zero-order valence-electron chi connectivity index (χ0n) is 13.7. The van der Waals surface area contributed by atoms with Gasteiger partial charge in [0, 0.05) is 11.3 Å². The Morgan fingerprint density at radius 2 is 1.68 bits per heavy atom. The maximum atomic E-state index is 12.5. The number of anilines is 1. The van der Waals surface area contributed by atoms with Crippen LogP contribution in [0.5, 0.6) is 5.75 Å². The lowest BCUT2D eigenvalue weighted by Gasteiger charge is -2.14. The number of ether oxygens (including phenoxy) is 1. The number of methoxy groups -OCH3 is 1. The third-order valence-corrected chi connectivity index (χ3v) is 5.14. The number of aryl methyl sites for hydroxylation is 1. The quantitative estimate of drug-likeness (QED) is 0.816. The molecule has 0 fully saturated rings. The second-order valence-corrected chi connectivity index (χ2v) is 7.76. The van der Waals surface area contributed by atoms with Crippen LogP contribution in [-0.4, -0.2) is 21.4 Å². The molecular formula is C16H16Cl2N2O4S. The van der Waals surface area contributed by atoms with E-state index in [1.165, 1.54) is 31.4 Å². The van der Waals surface area contributed by atoms with Gasteiger partial charge in [-0.1, -0.05) is 23.2 Å². The first-order chi connectivity index (χ1) is 11.5. The highest BCUT2D eigenvalue weighted by Crippen LogP contribution is 2.34. The van der Waals surface area contributed by atoms with Crippen LogP contribution >= 0.6 is 23.2 Å². The molecule has 6 nitrogen and oxygen atoms in total. The summed E-state index contributed by atoms with van der Waals surface area (Å²) in [5.74, 6) is -0.233. The van der Waals surface area contributed by atoms with E-state index in [1.807, 2.05) is 0 Å². The lowest BCUT2D eigenvalue weighted by molar-refractivity contribution is 0.102. The van der Waals surface area contributed by atoms with Crippen molar-refractivity contribution in [1.29, 1.82) is 0 Å². The van der Waals surface area contributed by atoms with Crippen LogP contribution in [0.1, 0.15) is 21.5 Å². The minimum absolute atomic E-state index is 0.0864. The third kappa shape index (κ3) is 4.24. The van der Waals surface area contributed by atoms with Gasteiger partial charge in [-0.3, -0.25) is 4.79 Å². The van der Waals surface area contributed by atoms with Crippen molar-refractivity contribution >= 4 is 44.8 Å². The fourth-order valence-electron chi connectivity index (χ4n) is 2.20. The number of halogens is 2. The largest absolute Gasteiger partial charge is 0.494 e. The van der Waals surface area contributed by atoms with E-state index in [0.29, 0.717) is 16.8 Å². The molecule has 0 aliphatic carbocycles. The second-order valence-electron chi connectivity index (χ2n) is 5.39. The first-order valence-corrected chi connectivity index (χ1v) is 9.33. The van der Waals surface area contributed by atoms with Gasteiger partial charge in [-0.2, -0.15) is 0 Å². The molecule has 1 amide bonds.